The fourth-order valence-corrected chi connectivity index (χ4v) is 4.94. The molecule has 1 fully saturated rings. The van der Waals surface area contributed by atoms with E-state index in [2.05, 4.69) is 21.5 Å². The number of aromatic nitrogens is 2. The molecule has 1 spiro atoms. The summed E-state index contributed by atoms with van der Waals surface area (Å²) in [6.07, 6.45) is -1.84. The van der Waals surface area contributed by atoms with Crippen molar-refractivity contribution in [2.24, 2.45) is 0 Å². The minimum absolute atomic E-state index is 0.0504. The predicted octanol–water partition coefficient (Wildman–Crippen LogP) is 5.39. The Bertz CT molecular complexity index is 1150. The van der Waals surface area contributed by atoms with E-state index in [4.69, 9.17) is 9.26 Å². The molecule has 5 nitrogen and oxygen atoms in total. The number of nitrogens with zero attached hydrogens (tertiary/aromatic N) is 2. The molecule has 5 rings (SSSR count). The molecular weight excluding hydrogens is 419 g/mol. The van der Waals surface area contributed by atoms with Crippen LogP contribution >= 0.6 is 0 Å². The predicted molar refractivity (Wildman–Crippen MR) is 113 cm³/mol. The number of hydrogen-bond donors (Lipinski definition) is 1. The lowest BCUT2D eigenvalue weighted by Gasteiger charge is -2.23. The minimum Gasteiger partial charge on any atom is -0.490 e. The van der Waals surface area contributed by atoms with Crippen molar-refractivity contribution < 1.29 is 22.4 Å². The SMILES string of the molecule is CC(C)Oc1ccc(-c2nc(-c3cccc4c3CCC43CCNC3)no2)cc1C(F)(F)F. The molecule has 1 unspecified atom stereocenters. The Balaban J connectivity index is 1.51. The van der Waals surface area contributed by atoms with Crippen LogP contribution in [0, 0.1) is 0 Å². The third-order valence-corrected chi connectivity index (χ3v) is 6.41. The summed E-state index contributed by atoms with van der Waals surface area (Å²) < 4.78 is 51.6. The van der Waals surface area contributed by atoms with Crippen molar-refractivity contribution in [1.29, 1.82) is 0 Å². The summed E-state index contributed by atoms with van der Waals surface area (Å²) in [5, 5.41) is 7.57. The standard InChI is InChI=1S/C24H24F3N3O2/c1-14(2)31-20-7-6-15(12-19(20)24(25,26)27)22-29-21(30-32-22)17-4-3-5-18-16(17)8-9-23(18)10-11-28-13-23/h3-7,12,14,28H,8-11,13H2,1-2H3. The lowest BCUT2D eigenvalue weighted by atomic mass is 9.81. The summed E-state index contributed by atoms with van der Waals surface area (Å²) in [6, 6.07) is 9.94. The lowest BCUT2D eigenvalue weighted by Crippen LogP contribution is -2.25. The quantitative estimate of drug-likeness (QED) is 0.586. The molecule has 0 saturated carbocycles. The van der Waals surface area contributed by atoms with E-state index in [-0.39, 0.29) is 28.7 Å². The first kappa shape index (κ1) is 21.0. The Labute approximate surface area is 184 Å². The molecule has 2 aromatic carbocycles. The van der Waals surface area contributed by atoms with Gasteiger partial charge in [0.1, 0.15) is 5.75 Å². The highest BCUT2D eigenvalue weighted by molar-refractivity contribution is 5.67. The number of alkyl halides is 3. The zero-order chi connectivity index (χ0) is 22.5. The normalized spacial score (nSPS) is 20.3. The monoisotopic (exact) mass is 443 g/mol. The Morgan fingerprint density at radius 3 is 2.72 bits per heavy atom. The average Bonchev–Trinajstić information content (AvgIpc) is 3.49. The van der Waals surface area contributed by atoms with Crippen LogP contribution in [-0.4, -0.2) is 29.3 Å². The molecule has 1 aliphatic carbocycles. The molecule has 32 heavy (non-hydrogen) atoms. The van der Waals surface area contributed by atoms with Crippen LogP contribution in [0.25, 0.3) is 22.8 Å². The van der Waals surface area contributed by atoms with Crippen LogP contribution in [0.3, 0.4) is 0 Å². The number of nitrogens with one attached hydrogen (secondary N) is 1. The fraction of sp³-hybridized carbons (Fsp3) is 0.417. The number of halogens is 3. The molecule has 1 saturated heterocycles. The topological polar surface area (TPSA) is 60.2 Å². The maximum Gasteiger partial charge on any atom is 0.419 e. The molecule has 2 aliphatic rings. The molecule has 1 atom stereocenters. The van der Waals surface area contributed by atoms with Crippen molar-refractivity contribution in [2.75, 3.05) is 13.1 Å². The summed E-state index contributed by atoms with van der Waals surface area (Å²) in [5.41, 5.74) is 2.92. The molecular formula is C24H24F3N3O2. The zero-order valence-electron chi connectivity index (χ0n) is 17.9. The highest BCUT2D eigenvalue weighted by atomic mass is 19.4. The molecule has 1 aromatic heterocycles. The van der Waals surface area contributed by atoms with Crippen molar-refractivity contribution in [1.82, 2.24) is 15.5 Å². The smallest absolute Gasteiger partial charge is 0.419 e. The van der Waals surface area contributed by atoms with Crippen molar-refractivity contribution in [3.05, 3.63) is 53.1 Å². The summed E-state index contributed by atoms with van der Waals surface area (Å²) in [7, 11) is 0. The van der Waals surface area contributed by atoms with Gasteiger partial charge in [0.25, 0.3) is 5.89 Å². The van der Waals surface area contributed by atoms with Crippen LogP contribution in [0.15, 0.2) is 40.9 Å². The molecule has 1 aliphatic heterocycles. The van der Waals surface area contributed by atoms with Crippen LogP contribution in [-0.2, 0) is 18.0 Å². The van der Waals surface area contributed by atoms with Crippen molar-refractivity contribution in [3.8, 4) is 28.6 Å². The third kappa shape index (κ3) is 3.56. The van der Waals surface area contributed by atoms with Gasteiger partial charge < -0.3 is 14.6 Å². The average molecular weight is 443 g/mol. The van der Waals surface area contributed by atoms with Gasteiger partial charge in [0.2, 0.25) is 5.82 Å². The molecule has 0 amide bonds. The third-order valence-electron chi connectivity index (χ3n) is 6.41. The number of rotatable bonds is 4. The first-order chi connectivity index (χ1) is 15.3. The Morgan fingerprint density at radius 2 is 2.00 bits per heavy atom. The summed E-state index contributed by atoms with van der Waals surface area (Å²) in [5.74, 6) is 0.234. The van der Waals surface area contributed by atoms with E-state index in [1.807, 2.05) is 12.1 Å². The van der Waals surface area contributed by atoms with Crippen molar-refractivity contribution in [3.63, 3.8) is 0 Å². The first-order valence-electron chi connectivity index (χ1n) is 10.8. The number of ether oxygens (including phenoxy) is 1. The zero-order valence-corrected chi connectivity index (χ0v) is 17.9. The van der Waals surface area contributed by atoms with Gasteiger partial charge >= 0.3 is 6.18 Å². The highest BCUT2D eigenvalue weighted by Crippen LogP contribution is 2.46. The first-order valence-corrected chi connectivity index (χ1v) is 10.8. The lowest BCUT2D eigenvalue weighted by molar-refractivity contribution is -0.139. The van der Waals surface area contributed by atoms with Gasteiger partial charge in [-0.05, 0) is 69.0 Å². The number of fused-ring (bicyclic) bond motifs is 2. The maximum atomic E-state index is 13.6. The number of benzene rings is 2. The van der Waals surface area contributed by atoms with E-state index < -0.39 is 11.7 Å². The van der Waals surface area contributed by atoms with E-state index in [0.29, 0.717) is 5.82 Å². The van der Waals surface area contributed by atoms with Crippen LogP contribution in [0.4, 0.5) is 13.2 Å². The molecule has 3 aromatic rings. The number of hydrogen-bond acceptors (Lipinski definition) is 5. The molecule has 1 N–H and O–H groups in total. The van der Waals surface area contributed by atoms with Crippen LogP contribution in [0.2, 0.25) is 0 Å². The van der Waals surface area contributed by atoms with Gasteiger partial charge in [-0.15, -0.1) is 0 Å². The van der Waals surface area contributed by atoms with Gasteiger partial charge in [0, 0.05) is 23.1 Å². The second-order valence-electron chi connectivity index (χ2n) is 8.84. The largest absolute Gasteiger partial charge is 0.490 e. The minimum atomic E-state index is -4.56. The molecule has 0 bridgehead atoms. The van der Waals surface area contributed by atoms with E-state index in [1.54, 1.807) is 13.8 Å². The molecule has 0 radical (unpaired) electrons. The van der Waals surface area contributed by atoms with Crippen LogP contribution in [0.5, 0.6) is 5.75 Å². The van der Waals surface area contributed by atoms with E-state index in [9.17, 15) is 13.2 Å². The Kier molecular flexibility index (Phi) is 5.00. The van der Waals surface area contributed by atoms with E-state index >= 15 is 0 Å². The molecule has 8 heteroatoms. The van der Waals surface area contributed by atoms with Crippen LogP contribution in [0.1, 0.15) is 43.4 Å². The molecule has 2 heterocycles. The Morgan fingerprint density at radius 1 is 1.16 bits per heavy atom. The highest BCUT2D eigenvalue weighted by Gasteiger charge is 2.42. The van der Waals surface area contributed by atoms with Gasteiger partial charge in [-0.25, -0.2) is 0 Å². The second kappa shape index (κ2) is 7.62. The van der Waals surface area contributed by atoms with Gasteiger partial charge in [-0.1, -0.05) is 23.4 Å². The maximum absolute atomic E-state index is 13.6. The van der Waals surface area contributed by atoms with E-state index in [0.717, 1.165) is 44.0 Å². The van der Waals surface area contributed by atoms with Gasteiger partial charge in [-0.3, -0.25) is 0 Å². The molecule has 168 valence electrons. The van der Waals surface area contributed by atoms with Gasteiger partial charge in [0.05, 0.1) is 11.7 Å². The summed E-state index contributed by atoms with van der Waals surface area (Å²) in [6.45, 7) is 5.34. The summed E-state index contributed by atoms with van der Waals surface area (Å²) >= 11 is 0. The van der Waals surface area contributed by atoms with Crippen LogP contribution < -0.4 is 10.1 Å². The van der Waals surface area contributed by atoms with Gasteiger partial charge in [0.15, 0.2) is 0 Å². The van der Waals surface area contributed by atoms with Gasteiger partial charge in [-0.2, -0.15) is 18.2 Å². The summed E-state index contributed by atoms with van der Waals surface area (Å²) in [4.78, 5) is 4.46. The van der Waals surface area contributed by atoms with E-state index in [1.165, 1.54) is 23.3 Å². The van der Waals surface area contributed by atoms with Crippen molar-refractivity contribution >= 4 is 0 Å². The Hall–Kier alpha value is -2.87. The fourth-order valence-electron chi connectivity index (χ4n) is 4.94. The second-order valence-corrected chi connectivity index (χ2v) is 8.84. The van der Waals surface area contributed by atoms with Crippen molar-refractivity contribution in [2.45, 2.75) is 50.8 Å².